The molecular weight excluding hydrogens is 238 g/mol. The Morgan fingerprint density at radius 1 is 1.39 bits per heavy atom. The van der Waals surface area contributed by atoms with Crippen LogP contribution in [0.1, 0.15) is 12.0 Å². The lowest BCUT2D eigenvalue weighted by Crippen LogP contribution is -2.23. The molecule has 5 heteroatoms. The molecule has 0 saturated carbocycles. The van der Waals surface area contributed by atoms with Crippen LogP contribution in [0.3, 0.4) is 0 Å². The molecule has 1 aliphatic rings. The van der Waals surface area contributed by atoms with Crippen molar-refractivity contribution in [1.82, 2.24) is 4.90 Å². The topological polar surface area (TPSA) is 38.5 Å². The molecule has 1 heterocycles. The fraction of sp³-hybridized carbons (Fsp3) is 0.538. The van der Waals surface area contributed by atoms with Gasteiger partial charge in [0, 0.05) is 18.7 Å². The van der Waals surface area contributed by atoms with Crippen LogP contribution in [-0.4, -0.2) is 31.1 Å². The van der Waals surface area contributed by atoms with Gasteiger partial charge in [-0.15, -0.1) is 0 Å². The van der Waals surface area contributed by atoms with Crippen LogP contribution in [0.2, 0.25) is 0 Å². The second kappa shape index (κ2) is 6.11. The van der Waals surface area contributed by atoms with Gasteiger partial charge in [-0.25, -0.2) is 0 Å². The van der Waals surface area contributed by atoms with Gasteiger partial charge < -0.3 is 10.5 Å². The van der Waals surface area contributed by atoms with Gasteiger partial charge >= 0.3 is 6.61 Å². The van der Waals surface area contributed by atoms with Crippen molar-refractivity contribution in [2.24, 2.45) is 11.7 Å². The van der Waals surface area contributed by atoms with Crippen LogP contribution in [0.15, 0.2) is 24.3 Å². The van der Waals surface area contributed by atoms with Crippen molar-refractivity contribution in [1.29, 1.82) is 0 Å². The first-order valence-electron chi connectivity index (χ1n) is 6.14. The van der Waals surface area contributed by atoms with Crippen LogP contribution < -0.4 is 10.5 Å². The zero-order chi connectivity index (χ0) is 13.0. The summed E-state index contributed by atoms with van der Waals surface area (Å²) in [5, 5.41) is 0. The Balaban J connectivity index is 2.00. The van der Waals surface area contributed by atoms with Gasteiger partial charge in [0.2, 0.25) is 0 Å². The van der Waals surface area contributed by atoms with Crippen LogP contribution in [0, 0.1) is 5.92 Å². The quantitative estimate of drug-likeness (QED) is 0.876. The number of nitrogens with two attached hydrogens (primary N) is 1. The molecule has 1 aliphatic heterocycles. The normalized spacial score (nSPS) is 20.6. The Morgan fingerprint density at radius 2 is 2.17 bits per heavy atom. The fourth-order valence-corrected chi connectivity index (χ4v) is 2.34. The minimum absolute atomic E-state index is 0.267. The highest BCUT2D eigenvalue weighted by Crippen LogP contribution is 2.24. The number of hydrogen-bond acceptors (Lipinski definition) is 3. The molecule has 0 amide bonds. The lowest BCUT2D eigenvalue weighted by atomic mass is 10.1. The third-order valence-corrected chi connectivity index (χ3v) is 3.29. The average molecular weight is 256 g/mol. The van der Waals surface area contributed by atoms with Crippen LogP contribution in [-0.2, 0) is 6.54 Å². The van der Waals surface area contributed by atoms with E-state index in [2.05, 4.69) is 9.64 Å². The molecule has 1 fully saturated rings. The second-order valence-electron chi connectivity index (χ2n) is 4.61. The third-order valence-electron chi connectivity index (χ3n) is 3.29. The number of ether oxygens (including phenoxy) is 1. The van der Waals surface area contributed by atoms with E-state index in [0.717, 1.165) is 25.1 Å². The summed E-state index contributed by atoms with van der Waals surface area (Å²) in [5.74, 6) is 0.789. The molecule has 0 bridgehead atoms. The molecule has 3 nitrogen and oxygen atoms in total. The molecule has 1 saturated heterocycles. The smallest absolute Gasteiger partial charge is 0.387 e. The zero-order valence-corrected chi connectivity index (χ0v) is 10.2. The lowest BCUT2D eigenvalue weighted by molar-refractivity contribution is -0.0507. The van der Waals surface area contributed by atoms with E-state index in [9.17, 15) is 8.78 Å². The van der Waals surface area contributed by atoms with Gasteiger partial charge in [-0.3, -0.25) is 4.90 Å². The van der Waals surface area contributed by atoms with Gasteiger partial charge in [0.1, 0.15) is 5.75 Å². The highest BCUT2D eigenvalue weighted by Gasteiger charge is 2.22. The molecule has 1 aromatic rings. The van der Waals surface area contributed by atoms with Gasteiger partial charge in [0.25, 0.3) is 0 Å². The molecule has 0 spiro atoms. The van der Waals surface area contributed by atoms with E-state index in [1.165, 1.54) is 0 Å². The maximum Gasteiger partial charge on any atom is 0.387 e. The largest absolute Gasteiger partial charge is 0.434 e. The summed E-state index contributed by atoms with van der Waals surface area (Å²) >= 11 is 0. The summed E-state index contributed by atoms with van der Waals surface area (Å²) in [6, 6.07) is 6.95. The van der Waals surface area contributed by atoms with E-state index >= 15 is 0 Å². The molecule has 0 radical (unpaired) electrons. The maximum absolute atomic E-state index is 12.3. The van der Waals surface area contributed by atoms with Crippen molar-refractivity contribution in [3.8, 4) is 5.75 Å². The highest BCUT2D eigenvalue weighted by atomic mass is 19.3. The predicted octanol–water partition coefficient (Wildman–Crippen LogP) is 2.07. The number of nitrogens with zero attached hydrogens (tertiary/aromatic N) is 1. The maximum atomic E-state index is 12.3. The van der Waals surface area contributed by atoms with Crippen LogP contribution >= 0.6 is 0 Å². The summed E-state index contributed by atoms with van der Waals surface area (Å²) in [5.41, 5.74) is 6.44. The van der Waals surface area contributed by atoms with Gasteiger partial charge in [-0.1, -0.05) is 18.2 Å². The van der Waals surface area contributed by atoms with E-state index in [1.807, 2.05) is 12.1 Å². The van der Waals surface area contributed by atoms with Gasteiger partial charge in [0.05, 0.1) is 0 Å². The van der Waals surface area contributed by atoms with Crippen molar-refractivity contribution < 1.29 is 13.5 Å². The first-order chi connectivity index (χ1) is 8.69. The Kier molecular flexibility index (Phi) is 4.49. The average Bonchev–Trinajstić information content (AvgIpc) is 2.79. The van der Waals surface area contributed by atoms with E-state index in [1.54, 1.807) is 12.1 Å². The molecular formula is C13H18F2N2O. The standard InChI is InChI=1S/C13H18F2N2O/c14-13(15)18-12-4-2-1-3-11(12)9-17-6-5-10(7-16)8-17/h1-4,10,13H,5-9,16H2. The molecule has 2 N–H and O–H groups in total. The first kappa shape index (κ1) is 13.2. The monoisotopic (exact) mass is 256 g/mol. The summed E-state index contributed by atoms with van der Waals surface area (Å²) in [6.45, 7) is 0.441. The minimum atomic E-state index is -2.78. The molecule has 1 atom stereocenters. The van der Waals surface area contributed by atoms with Gasteiger partial charge in [-0.2, -0.15) is 8.78 Å². The molecule has 18 heavy (non-hydrogen) atoms. The molecule has 2 rings (SSSR count). The number of halogens is 2. The van der Waals surface area contributed by atoms with Crippen molar-refractivity contribution in [3.63, 3.8) is 0 Å². The molecule has 0 aliphatic carbocycles. The highest BCUT2D eigenvalue weighted by molar-refractivity contribution is 5.33. The van der Waals surface area contributed by atoms with E-state index < -0.39 is 6.61 Å². The Hall–Kier alpha value is -1.20. The van der Waals surface area contributed by atoms with Crippen LogP contribution in [0.4, 0.5) is 8.78 Å². The summed E-state index contributed by atoms with van der Waals surface area (Å²) in [7, 11) is 0. The number of para-hydroxylation sites is 1. The van der Waals surface area contributed by atoms with Crippen molar-refractivity contribution in [3.05, 3.63) is 29.8 Å². The summed E-state index contributed by atoms with van der Waals surface area (Å²) in [4.78, 5) is 2.23. The molecule has 0 aromatic heterocycles. The van der Waals surface area contributed by atoms with Crippen LogP contribution in [0.5, 0.6) is 5.75 Å². The number of benzene rings is 1. The summed E-state index contributed by atoms with van der Waals surface area (Å²) < 4.78 is 29.1. The predicted molar refractivity (Wildman–Crippen MR) is 65.5 cm³/mol. The number of hydrogen-bond donors (Lipinski definition) is 1. The third kappa shape index (κ3) is 3.40. The Labute approximate surface area is 106 Å². The van der Waals surface area contributed by atoms with Crippen molar-refractivity contribution in [2.75, 3.05) is 19.6 Å². The van der Waals surface area contributed by atoms with Crippen molar-refractivity contribution in [2.45, 2.75) is 19.6 Å². The van der Waals surface area contributed by atoms with E-state index in [0.29, 0.717) is 19.0 Å². The van der Waals surface area contributed by atoms with Crippen molar-refractivity contribution >= 4 is 0 Å². The SMILES string of the molecule is NCC1CCN(Cc2ccccc2OC(F)F)C1. The lowest BCUT2D eigenvalue weighted by Gasteiger charge is -2.18. The molecule has 1 unspecified atom stereocenters. The van der Waals surface area contributed by atoms with Gasteiger partial charge in [-0.05, 0) is 31.5 Å². The minimum Gasteiger partial charge on any atom is -0.434 e. The summed E-state index contributed by atoms with van der Waals surface area (Å²) in [6.07, 6.45) is 1.08. The first-order valence-corrected chi connectivity index (χ1v) is 6.14. The second-order valence-corrected chi connectivity index (χ2v) is 4.61. The molecule has 100 valence electrons. The van der Waals surface area contributed by atoms with Gasteiger partial charge in [0.15, 0.2) is 0 Å². The fourth-order valence-electron chi connectivity index (χ4n) is 2.34. The Morgan fingerprint density at radius 3 is 2.83 bits per heavy atom. The number of rotatable bonds is 5. The molecule has 1 aromatic carbocycles. The zero-order valence-electron chi connectivity index (χ0n) is 10.2. The van der Waals surface area contributed by atoms with E-state index in [4.69, 9.17) is 5.73 Å². The Bertz CT molecular complexity index is 387. The number of likely N-dealkylation sites (tertiary alicyclic amines) is 1. The van der Waals surface area contributed by atoms with E-state index in [-0.39, 0.29) is 5.75 Å². The number of alkyl halides is 2. The van der Waals surface area contributed by atoms with Crippen LogP contribution in [0.25, 0.3) is 0 Å².